The average Bonchev–Trinajstić information content (AvgIpc) is 2.57. The summed E-state index contributed by atoms with van der Waals surface area (Å²) in [5, 5.41) is 2.30. The van der Waals surface area contributed by atoms with E-state index in [0.29, 0.717) is 12.1 Å². The van der Waals surface area contributed by atoms with E-state index in [1.165, 1.54) is 12.1 Å². The summed E-state index contributed by atoms with van der Waals surface area (Å²) >= 11 is 0. The zero-order valence-corrected chi connectivity index (χ0v) is 13.5. The second-order valence-corrected chi connectivity index (χ2v) is 5.40. The molecule has 0 saturated carbocycles. The van der Waals surface area contributed by atoms with Crippen molar-refractivity contribution in [2.24, 2.45) is 0 Å². The van der Waals surface area contributed by atoms with E-state index in [2.05, 4.69) is 5.32 Å². The molecule has 7 heteroatoms. The van der Waals surface area contributed by atoms with Crippen LogP contribution in [-0.4, -0.2) is 12.4 Å². The largest absolute Gasteiger partial charge is 0.416 e. The van der Waals surface area contributed by atoms with Gasteiger partial charge in [0.15, 0.2) is 0 Å². The molecule has 2 aromatic rings. The molecule has 25 heavy (non-hydrogen) atoms. The van der Waals surface area contributed by atoms with Crippen molar-refractivity contribution in [1.82, 2.24) is 0 Å². The van der Waals surface area contributed by atoms with Crippen molar-refractivity contribution in [3.8, 4) is 0 Å². The summed E-state index contributed by atoms with van der Waals surface area (Å²) in [6.45, 7) is 2.04. The van der Waals surface area contributed by atoms with Gasteiger partial charge in [0.2, 0.25) is 6.41 Å². The first-order valence-electron chi connectivity index (χ1n) is 7.67. The second kappa shape index (κ2) is 7.83. The first-order chi connectivity index (χ1) is 11.8. The molecule has 0 spiro atoms. The topological polar surface area (TPSA) is 49.4 Å². The minimum absolute atomic E-state index is 0.0470. The van der Waals surface area contributed by atoms with Crippen LogP contribution in [0.2, 0.25) is 0 Å². The minimum Gasteiger partial charge on any atom is -0.307 e. The third kappa shape index (κ3) is 4.82. The number of aryl methyl sites for hydroxylation is 1. The first-order valence-corrected chi connectivity index (χ1v) is 7.67. The maximum Gasteiger partial charge on any atom is 0.416 e. The number of nitrogens with zero attached hydrogens (tertiary/aromatic N) is 1. The third-order valence-electron chi connectivity index (χ3n) is 3.52. The van der Waals surface area contributed by atoms with Gasteiger partial charge in [0.25, 0.3) is 0 Å². The van der Waals surface area contributed by atoms with Crippen molar-refractivity contribution < 1.29 is 22.8 Å². The number of alkyl halides is 3. The standard InChI is InChI=1S/C18H17F3N2O2/c1-2-4-13-7-9-16(10-8-13)23(12-24)17(25)22-15-6-3-5-14(11-15)18(19,20)21/h3,5-12H,2,4H2,1H3,(H,22,25). The van der Waals surface area contributed by atoms with Crippen LogP contribution in [0.3, 0.4) is 0 Å². The van der Waals surface area contributed by atoms with E-state index >= 15 is 0 Å². The molecule has 0 aliphatic heterocycles. The molecule has 0 unspecified atom stereocenters. The molecule has 2 aromatic carbocycles. The van der Waals surface area contributed by atoms with Gasteiger partial charge in [-0.2, -0.15) is 13.2 Å². The summed E-state index contributed by atoms with van der Waals surface area (Å²) in [5.41, 5.74) is 0.468. The van der Waals surface area contributed by atoms with Gasteiger partial charge >= 0.3 is 12.2 Å². The highest BCUT2D eigenvalue weighted by Gasteiger charge is 2.30. The van der Waals surface area contributed by atoms with Crippen molar-refractivity contribution in [2.45, 2.75) is 25.9 Å². The van der Waals surface area contributed by atoms with Gasteiger partial charge in [-0.1, -0.05) is 31.5 Å². The number of hydrogen-bond acceptors (Lipinski definition) is 2. The molecule has 0 heterocycles. The number of halogens is 3. The summed E-state index contributed by atoms with van der Waals surface area (Å²) in [7, 11) is 0. The molecular weight excluding hydrogens is 333 g/mol. The molecule has 0 radical (unpaired) electrons. The molecule has 0 saturated heterocycles. The Balaban J connectivity index is 2.16. The zero-order valence-electron chi connectivity index (χ0n) is 13.5. The van der Waals surface area contributed by atoms with Gasteiger partial charge in [0.05, 0.1) is 11.3 Å². The Labute approximate surface area is 143 Å². The summed E-state index contributed by atoms with van der Waals surface area (Å²) in [5.74, 6) is 0. The number of urea groups is 1. The van der Waals surface area contributed by atoms with Crippen molar-refractivity contribution >= 4 is 23.8 Å². The van der Waals surface area contributed by atoms with Crippen LogP contribution in [0.1, 0.15) is 24.5 Å². The molecule has 2 rings (SSSR count). The molecule has 0 aromatic heterocycles. The van der Waals surface area contributed by atoms with Gasteiger partial charge in [-0.25, -0.2) is 9.69 Å². The van der Waals surface area contributed by atoms with Crippen LogP contribution >= 0.6 is 0 Å². The predicted octanol–water partition coefficient (Wildman–Crippen LogP) is 4.85. The molecule has 0 aliphatic rings. The minimum atomic E-state index is -4.51. The fourth-order valence-electron chi connectivity index (χ4n) is 2.29. The van der Waals surface area contributed by atoms with Crippen molar-refractivity contribution in [1.29, 1.82) is 0 Å². The Kier molecular flexibility index (Phi) is 5.80. The Hall–Kier alpha value is -2.83. The molecular formula is C18H17F3N2O2. The fraction of sp³-hybridized carbons (Fsp3) is 0.222. The van der Waals surface area contributed by atoms with Gasteiger partial charge < -0.3 is 5.32 Å². The highest BCUT2D eigenvalue weighted by Crippen LogP contribution is 2.30. The zero-order chi connectivity index (χ0) is 18.4. The lowest BCUT2D eigenvalue weighted by molar-refractivity contribution is -0.137. The maximum absolute atomic E-state index is 12.7. The highest BCUT2D eigenvalue weighted by molar-refractivity contribution is 6.12. The molecule has 0 fully saturated rings. The van der Waals surface area contributed by atoms with E-state index < -0.39 is 17.8 Å². The number of hydrogen-bond donors (Lipinski definition) is 1. The first kappa shape index (κ1) is 18.5. The van der Waals surface area contributed by atoms with E-state index in [4.69, 9.17) is 0 Å². The van der Waals surface area contributed by atoms with Gasteiger partial charge in [0, 0.05) is 5.69 Å². The summed E-state index contributed by atoms with van der Waals surface area (Å²) in [6.07, 6.45) is -2.36. The number of nitrogens with one attached hydrogen (secondary N) is 1. The SMILES string of the molecule is CCCc1ccc(N(C=O)C(=O)Nc2cccc(C(F)(F)F)c2)cc1. The number of imide groups is 1. The van der Waals surface area contributed by atoms with Crippen LogP contribution in [0.15, 0.2) is 48.5 Å². The second-order valence-electron chi connectivity index (χ2n) is 5.40. The summed E-state index contributed by atoms with van der Waals surface area (Å²) in [4.78, 5) is 24.3. The number of carbonyl (C=O) groups excluding carboxylic acids is 2. The number of amides is 3. The fourth-order valence-corrected chi connectivity index (χ4v) is 2.29. The number of anilines is 2. The van der Waals surface area contributed by atoms with Crippen LogP contribution < -0.4 is 10.2 Å². The monoisotopic (exact) mass is 350 g/mol. The molecule has 132 valence electrons. The van der Waals surface area contributed by atoms with Gasteiger partial charge in [-0.3, -0.25) is 4.79 Å². The molecule has 0 bridgehead atoms. The van der Waals surface area contributed by atoms with E-state index in [9.17, 15) is 22.8 Å². The average molecular weight is 350 g/mol. The van der Waals surface area contributed by atoms with Crippen LogP contribution in [0, 0.1) is 0 Å². The molecule has 4 nitrogen and oxygen atoms in total. The van der Waals surface area contributed by atoms with Crippen LogP contribution in [0.25, 0.3) is 0 Å². The third-order valence-corrected chi connectivity index (χ3v) is 3.52. The van der Waals surface area contributed by atoms with Gasteiger partial charge in [-0.15, -0.1) is 0 Å². The van der Waals surface area contributed by atoms with E-state index in [0.717, 1.165) is 35.4 Å². The maximum atomic E-state index is 12.7. The van der Waals surface area contributed by atoms with Crippen LogP contribution in [0.5, 0.6) is 0 Å². The van der Waals surface area contributed by atoms with E-state index in [-0.39, 0.29) is 5.69 Å². The van der Waals surface area contributed by atoms with Crippen LogP contribution in [0.4, 0.5) is 29.3 Å². The Morgan fingerprint density at radius 2 is 1.84 bits per heavy atom. The Morgan fingerprint density at radius 3 is 2.40 bits per heavy atom. The lowest BCUT2D eigenvalue weighted by Crippen LogP contribution is -2.33. The lowest BCUT2D eigenvalue weighted by Gasteiger charge is -2.17. The van der Waals surface area contributed by atoms with Crippen molar-refractivity contribution in [2.75, 3.05) is 10.2 Å². The van der Waals surface area contributed by atoms with Gasteiger partial charge in [-0.05, 0) is 42.3 Å². The quantitative estimate of drug-likeness (QED) is 0.784. The number of carbonyl (C=O) groups is 2. The Bertz CT molecular complexity index is 743. The lowest BCUT2D eigenvalue weighted by atomic mass is 10.1. The van der Waals surface area contributed by atoms with E-state index in [1.54, 1.807) is 24.3 Å². The highest BCUT2D eigenvalue weighted by atomic mass is 19.4. The summed E-state index contributed by atoms with van der Waals surface area (Å²) < 4.78 is 38.1. The van der Waals surface area contributed by atoms with E-state index in [1.807, 2.05) is 6.92 Å². The number of benzene rings is 2. The van der Waals surface area contributed by atoms with Crippen molar-refractivity contribution in [3.05, 3.63) is 59.7 Å². The normalized spacial score (nSPS) is 11.0. The molecule has 1 N–H and O–H groups in total. The van der Waals surface area contributed by atoms with Crippen molar-refractivity contribution in [3.63, 3.8) is 0 Å². The molecule has 0 aliphatic carbocycles. The number of rotatable bonds is 5. The predicted molar refractivity (Wildman–Crippen MR) is 89.4 cm³/mol. The smallest absolute Gasteiger partial charge is 0.307 e. The van der Waals surface area contributed by atoms with Crippen LogP contribution in [-0.2, 0) is 17.4 Å². The van der Waals surface area contributed by atoms with Gasteiger partial charge in [0.1, 0.15) is 0 Å². The summed E-state index contributed by atoms with van der Waals surface area (Å²) in [6, 6.07) is 10.2. The Morgan fingerprint density at radius 1 is 1.16 bits per heavy atom. The molecule has 3 amide bonds. The molecule has 0 atom stereocenters.